The normalized spacial score (nSPS) is 18.7. The van der Waals surface area contributed by atoms with Gasteiger partial charge in [0.25, 0.3) is 0 Å². The standard InChI is InChI=1S/C21H16BrF3N4O/c1-13-5-2-3-8-17(13)29-18(9-10-26-29)19-20(30)16(22)12-28(27-19)15-7-4-6-14(11-15)21(23,24)25/h2-13,17H,1H3. The number of aromatic nitrogens is 4. The summed E-state index contributed by atoms with van der Waals surface area (Å²) < 4.78 is 42.5. The minimum absolute atomic E-state index is 0.0921. The van der Waals surface area contributed by atoms with Crippen LogP contribution < -0.4 is 5.43 Å². The lowest BCUT2D eigenvalue weighted by molar-refractivity contribution is -0.137. The monoisotopic (exact) mass is 476 g/mol. The summed E-state index contributed by atoms with van der Waals surface area (Å²) in [6, 6.07) is 6.34. The van der Waals surface area contributed by atoms with Gasteiger partial charge in [0, 0.05) is 18.3 Å². The predicted molar refractivity (Wildman–Crippen MR) is 110 cm³/mol. The molecule has 0 fully saturated rings. The highest BCUT2D eigenvalue weighted by Crippen LogP contribution is 2.31. The minimum atomic E-state index is -4.48. The molecule has 0 spiro atoms. The summed E-state index contributed by atoms with van der Waals surface area (Å²) in [6.07, 6.45) is 6.31. The van der Waals surface area contributed by atoms with E-state index in [0.717, 1.165) is 12.1 Å². The second-order valence-corrected chi connectivity index (χ2v) is 7.78. The van der Waals surface area contributed by atoms with E-state index in [4.69, 9.17) is 0 Å². The third-order valence-corrected chi connectivity index (χ3v) is 5.45. The Hall–Kier alpha value is -2.94. The molecule has 2 unspecified atom stereocenters. The summed E-state index contributed by atoms with van der Waals surface area (Å²) in [4.78, 5) is 12.8. The fraction of sp³-hybridized carbons (Fsp3) is 0.190. The van der Waals surface area contributed by atoms with Crippen LogP contribution in [0.2, 0.25) is 0 Å². The van der Waals surface area contributed by atoms with E-state index >= 15 is 0 Å². The maximum Gasteiger partial charge on any atom is 0.416 e. The number of allylic oxidation sites excluding steroid dienone is 4. The van der Waals surface area contributed by atoms with E-state index in [9.17, 15) is 18.0 Å². The van der Waals surface area contributed by atoms with Crippen molar-refractivity contribution in [2.24, 2.45) is 5.92 Å². The molecule has 3 aromatic rings. The minimum Gasteiger partial charge on any atom is -0.286 e. The Morgan fingerprint density at radius 3 is 2.63 bits per heavy atom. The van der Waals surface area contributed by atoms with Crippen molar-refractivity contribution < 1.29 is 13.2 Å². The lowest BCUT2D eigenvalue weighted by Crippen LogP contribution is -2.21. The van der Waals surface area contributed by atoms with Gasteiger partial charge >= 0.3 is 6.18 Å². The number of hydrogen-bond donors (Lipinski definition) is 0. The third-order valence-electron chi connectivity index (χ3n) is 4.88. The third kappa shape index (κ3) is 3.77. The van der Waals surface area contributed by atoms with Crippen LogP contribution in [0.1, 0.15) is 18.5 Å². The average Bonchev–Trinajstić information content (AvgIpc) is 3.19. The molecule has 2 heterocycles. The average molecular weight is 477 g/mol. The van der Waals surface area contributed by atoms with Gasteiger partial charge in [-0.2, -0.15) is 23.4 Å². The summed E-state index contributed by atoms with van der Waals surface area (Å²) in [5.41, 5.74) is -0.404. The first-order valence-corrected chi connectivity index (χ1v) is 9.91. The van der Waals surface area contributed by atoms with Crippen LogP contribution >= 0.6 is 15.9 Å². The molecule has 2 atom stereocenters. The molecule has 1 aliphatic carbocycles. The van der Waals surface area contributed by atoms with Gasteiger partial charge in [-0.05, 0) is 40.2 Å². The maximum atomic E-state index is 13.1. The fourth-order valence-electron chi connectivity index (χ4n) is 3.34. The molecule has 0 bridgehead atoms. The van der Waals surface area contributed by atoms with Gasteiger partial charge in [-0.3, -0.25) is 9.48 Å². The number of hydrogen-bond acceptors (Lipinski definition) is 3. The summed E-state index contributed by atoms with van der Waals surface area (Å²) >= 11 is 3.22. The zero-order valence-corrected chi connectivity index (χ0v) is 17.3. The van der Waals surface area contributed by atoms with Gasteiger partial charge in [0.05, 0.1) is 27.5 Å². The Kier molecular flexibility index (Phi) is 5.23. The van der Waals surface area contributed by atoms with E-state index in [1.807, 2.05) is 31.2 Å². The van der Waals surface area contributed by atoms with Crippen molar-refractivity contribution in [3.05, 3.63) is 87.3 Å². The fourth-order valence-corrected chi connectivity index (χ4v) is 3.72. The lowest BCUT2D eigenvalue weighted by atomic mass is 9.97. The number of rotatable bonds is 3. The van der Waals surface area contributed by atoms with Crippen LogP contribution in [0, 0.1) is 5.92 Å². The van der Waals surface area contributed by atoms with Gasteiger partial charge in [0.15, 0.2) is 5.69 Å². The summed E-state index contributed by atoms with van der Waals surface area (Å²) in [6.45, 7) is 2.03. The largest absolute Gasteiger partial charge is 0.416 e. The van der Waals surface area contributed by atoms with Crippen LogP contribution in [0.15, 0.2) is 76.3 Å². The Morgan fingerprint density at radius 1 is 1.13 bits per heavy atom. The molecule has 5 nitrogen and oxygen atoms in total. The molecule has 9 heteroatoms. The highest BCUT2D eigenvalue weighted by molar-refractivity contribution is 9.10. The SMILES string of the molecule is CC1C=CC=CC1n1nccc1-c1nn(-c2cccc(C(F)(F)F)c2)cc(Br)c1=O. The lowest BCUT2D eigenvalue weighted by Gasteiger charge is -2.23. The zero-order chi connectivity index (χ0) is 21.5. The van der Waals surface area contributed by atoms with E-state index in [0.29, 0.717) is 5.69 Å². The molecule has 30 heavy (non-hydrogen) atoms. The van der Waals surface area contributed by atoms with Crippen molar-refractivity contribution in [1.29, 1.82) is 0 Å². The van der Waals surface area contributed by atoms with Crippen molar-refractivity contribution in [1.82, 2.24) is 19.6 Å². The molecule has 0 saturated heterocycles. The van der Waals surface area contributed by atoms with Crippen LogP contribution in [0.25, 0.3) is 17.1 Å². The highest BCUT2D eigenvalue weighted by Gasteiger charge is 2.30. The van der Waals surface area contributed by atoms with Gasteiger partial charge in [-0.25, -0.2) is 4.68 Å². The maximum absolute atomic E-state index is 13.1. The second-order valence-electron chi connectivity index (χ2n) is 6.93. The van der Waals surface area contributed by atoms with Crippen LogP contribution in [0.5, 0.6) is 0 Å². The van der Waals surface area contributed by atoms with Crippen LogP contribution in [-0.2, 0) is 6.18 Å². The molecule has 0 N–H and O–H groups in total. The summed E-state index contributed by atoms with van der Waals surface area (Å²) in [5, 5.41) is 8.72. The predicted octanol–water partition coefficient (Wildman–Crippen LogP) is 5.18. The van der Waals surface area contributed by atoms with Crippen molar-refractivity contribution in [2.75, 3.05) is 0 Å². The first kappa shape index (κ1) is 20.3. The number of alkyl halides is 3. The van der Waals surface area contributed by atoms with E-state index in [1.54, 1.807) is 16.9 Å². The van der Waals surface area contributed by atoms with Gasteiger partial charge in [-0.15, -0.1) is 0 Å². The number of benzene rings is 1. The molecule has 2 aromatic heterocycles. The molecule has 0 radical (unpaired) electrons. The Labute approximate surface area is 178 Å². The number of nitrogens with zero attached hydrogens (tertiary/aromatic N) is 4. The number of halogens is 4. The van der Waals surface area contributed by atoms with E-state index < -0.39 is 11.7 Å². The van der Waals surface area contributed by atoms with Gasteiger partial charge in [0.2, 0.25) is 5.43 Å². The highest BCUT2D eigenvalue weighted by atomic mass is 79.9. The molecule has 1 aliphatic rings. The molecular formula is C21H16BrF3N4O. The first-order chi connectivity index (χ1) is 14.3. The molecule has 4 rings (SSSR count). The molecule has 0 aliphatic heterocycles. The van der Waals surface area contributed by atoms with Crippen molar-refractivity contribution >= 4 is 15.9 Å². The van der Waals surface area contributed by atoms with Crippen molar-refractivity contribution in [2.45, 2.75) is 19.1 Å². The van der Waals surface area contributed by atoms with Gasteiger partial charge in [-0.1, -0.05) is 37.3 Å². The molecule has 0 amide bonds. The van der Waals surface area contributed by atoms with Crippen LogP contribution in [0.4, 0.5) is 13.2 Å². The molecule has 154 valence electrons. The smallest absolute Gasteiger partial charge is 0.286 e. The molecular weight excluding hydrogens is 461 g/mol. The Bertz CT molecular complexity index is 1210. The van der Waals surface area contributed by atoms with Crippen LogP contribution in [-0.4, -0.2) is 19.6 Å². The van der Waals surface area contributed by atoms with Gasteiger partial charge in [0.1, 0.15) is 0 Å². The zero-order valence-electron chi connectivity index (χ0n) is 15.7. The van der Waals surface area contributed by atoms with Crippen LogP contribution in [0.3, 0.4) is 0 Å². The van der Waals surface area contributed by atoms with E-state index in [-0.39, 0.29) is 33.2 Å². The van der Waals surface area contributed by atoms with E-state index in [1.165, 1.54) is 23.0 Å². The summed E-state index contributed by atoms with van der Waals surface area (Å²) in [7, 11) is 0. The Balaban J connectivity index is 1.84. The Morgan fingerprint density at radius 2 is 1.90 bits per heavy atom. The van der Waals surface area contributed by atoms with Crippen molar-refractivity contribution in [3.8, 4) is 17.1 Å². The topological polar surface area (TPSA) is 52.7 Å². The quantitative estimate of drug-likeness (QED) is 0.523. The molecule has 0 saturated carbocycles. The molecule has 1 aromatic carbocycles. The van der Waals surface area contributed by atoms with Crippen molar-refractivity contribution in [3.63, 3.8) is 0 Å². The second kappa shape index (κ2) is 7.71. The first-order valence-electron chi connectivity index (χ1n) is 9.11. The van der Waals surface area contributed by atoms with E-state index in [2.05, 4.69) is 26.1 Å². The summed E-state index contributed by atoms with van der Waals surface area (Å²) in [5.74, 6) is 0.145. The van der Waals surface area contributed by atoms with Gasteiger partial charge < -0.3 is 0 Å².